The van der Waals surface area contributed by atoms with E-state index in [9.17, 15) is 14.9 Å². The van der Waals surface area contributed by atoms with Crippen molar-refractivity contribution in [3.8, 4) is 0 Å². The van der Waals surface area contributed by atoms with E-state index >= 15 is 0 Å². The Hall–Kier alpha value is -2.48. The average Bonchev–Trinajstić information content (AvgIpc) is 2.47. The quantitative estimate of drug-likeness (QED) is 0.497. The van der Waals surface area contributed by atoms with Gasteiger partial charge in [0.2, 0.25) is 5.82 Å². The Bertz CT molecular complexity index is 599. The number of aromatic nitrogens is 1. The third-order valence-corrected chi connectivity index (χ3v) is 3.22. The Balaban J connectivity index is 2.28. The fourth-order valence-corrected chi connectivity index (χ4v) is 2.16. The second-order valence-electron chi connectivity index (χ2n) is 4.62. The van der Waals surface area contributed by atoms with Crippen molar-refractivity contribution in [3.05, 3.63) is 39.6 Å². The summed E-state index contributed by atoms with van der Waals surface area (Å²) in [6.45, 7) is 1.61. The number of aromatic carboxylic acids is 1. The number of hydrogen-bond donors (Lipinski definition) is 1. The van der Waals surface area contributed by atoms with Crippen LogP contribution in [0.2, 0.25) is 0 Å². The van der Waals surface area contributed by atoms with Gasteiger partial charge in [0.25, 0.3) is 0 Å². The molecule has 2 heterocycles. The van der Waals surface area contributed by atoms with E-state index in [1.807, 2.05) is 6.08 Å². The van der Waals surface area contributed by atoms with E-state index in [-0.39, 0.29) is 17.1 Å². The van der Waals surface area contributed by atoms with Crippen LogP contribution in [0.5, 0.6) is 0 Å². The number of hydrogen-bond acceptors (Lipinski definition) is 6. The standard InChI is InChI=1S/C13H15N3O5/c1-21-8-9-2-4-15(5-3-9)12-11(16(19)20)6-10(7-14-12)13(17)18/h2,6-7H,3-5,8H2,1H3,(H,17,18). The molecule has 0 fully saturated rings. The maximum Gasteiger partial charge on any atom is 0.337 e. The number of anilines is 1. The Morgan fingerprint density at radius 2 is 2.38 bits per heavy atom. The van der Waals surface area contributed by atoms with Crippen LogP contribution in [0, 0.1) is 10.1 Å². The number of pyridine rings is 1. The predicted octanol–water partition coefficient (Wildman–Crippen LogP) is 1.47. The SMILES string of the molecule is COCC1=CCN(c2ncc(C(=O)O)cc2[N+](=O)[O-])CC1. The van der Waals surface area contributed by atoms with Gasteiger partial charge in [0, 0.05) is 32.5 Å². The Morgan fingerprint density at radius 1 is 1.62 bits per heavy atom. The summed E-state index contributed by atoms with van der Waals surface area (Å²) in [6.07, 6.45) is 3.82. The Kier molecular flexibility index (Phi) is 4.49. The van der Waals surface area contributed by atoms with Crippen molar-refractivity contribution in [2.75, 3.05) is 31.7 Å². The molecule has 1 aromatic heterocycles. The van der Waals surface area contributed by atoms with Gasteiger partial charge in [-0.25, -0.2) is 9.78 Å². The molecule has 1 N–H and O–H groups in total. The largest absolute Gasteiger partial charge is 0.478 e. The van der Waals surface area contributed by atoms with Gasteiger partial charge in [0.1, 0.15) is 0 Å². The summed E-state index contributed by atoms with van der Waals surface area (Å²) in [5, 5.41) is 20.0. The highest BCUT2D eigenvalue weighted by Gasteiger charge is 2.24. The van der Waals surface area contributed by atoms with Crippen LogP contribution in [0.1, 0.15) is 16.8 Å². The van der Waals surface area contributed by atoms with E-state index < -0.39 is 10.9 Å². The van der Waals surface area contributed by atoms with E-state index in [0.717, 1.165) is 24.3 Å². The lowest BCUT2D eigenvalue weighted by molar-refractivity contribution is -0.384. The lowest BCUT2D eigenvalue weighted by Crippen LogP contribution is -2.30. The normalized spacial score (nSPS) is 14.7. The molecule has 8 heteroatoms. The number of carboxylic acid groups (broad SMARTS) is 1. The van der Waals surface area contributed by atoms with E-state index in [2.05, 4.69) is 4.98 Å². The van der Waals surface area contributed by atoms with Crippen LogP contribution in [-0.2, 0) is 4.74 Å². The molecule has 1 aromatic rings. The van der Waals surface area contributed by atoms with Crippen LogP contribution in [0.4, 0.5) is 11.5 Å². The fourth-order valence-electron chi connectivity index (χ4n) is 2.16. The van der Waals surface area contributed by atoms with Gasteiger partial charge in [-0.15, -0.1) is 0 Å². The van der Waals surface area contributed by atoms with Gasteiger partial charge < -0.3 is 14.7 Å². The molecule has 112 valence electrons. The van der Waals surface area contributed by atoms with Gasteiger partial charge in [-0.2, -0.15) is 0 Å². The molecule has 0 amide bonds. The van der Waals surface area contributed by atoms with E-state index in [1.54, 1.807) is 12.0 Å². The summed E-state index contributed by atoms with van der Waals surface area (Å²) in [6, 6.07) is 1.04. The summed E-state index contributed by atoms with van der Waals surface area (Å²) < 4.78 is 5.05. The van der Waals surface area contributed by atoms with Crippen LogP contribution in [0.25, 0.3) is 0 Å². The number of nitro groups is 1. The first kappa shape index (κ1) is 14.9. The van der Waals surface area contributed by atoms with Crippen molar-refractivity contribution in [2.45, 2.75) is 6.42 Å². The van der Waals surface area contributed by atoms with E-state index in [4.69, 9.17) is 9.84 Å². The average molecular weight is 293 g/mol. The van der Waals surface area contributed by atoms with Gasteiger partial charge in [-0.1, -0.05) is 6.08 Å². The third-order valence-electron chi connectivity index (χ3n) is 3.22. The number of rotatable bonds is 5. The molecule has 8 nitrogen and oxygen atoms in total. The van der Waals surface area contributed by atoms with Crippen molar-refractivity contribution in [1.29, 1.82) is 0 Å². The predicted molar refractivity (Wildman–Crippen MR) is 74.6 cm³/mol. The van der Waals surface area contributed by atoms with Crippen molar-refractivity contribution in [3.63, 3.8) is 0 Å². The molecule has 2 rings (SSSR count). The van der Waals surface area contributed by atoms with Crippen LogP contribution in [-0.4, -0.2) is 47.8 Å². The molecule has 0 aromatic carbocycles. The van der Waals surface area contributed by atoms with Crippen LogP contribution < -0.4 is 4.90 Å². The highest BCUT2D eigenvalue weighted by Crippen LogP contribution is 2.28. The van der Waals surface area contributed by atoms with Crippen molar-refractivity contribution in [2.24, 2.45) is 0 Å². The molecule has 0 bridgehead atoms. The monoisotopic (exact) mass is 293 g/mol. The lowest BCUT2D eigenvalue weighted by atomic mass is 10.1. The highest BCUT2D eigenvalue weighted by atomic mass is 16.6. The summed E-state index contributed by atoms with van der Waals surface area (Å²) in [4.78, 5) is 27.1. The molecule has 0 unspecified atom stereocenters. The van der Waals surface area contributed by atoms with E-state index in [0.29, 0.717) is 19.7 Å². The smallest absolute Gasteiger partial charge is 0.337 e. The first-order valence-corrected chi connectivity index (χ1v) is 6.32. The zero-order valence-corrected chi connectivity index (χ0v) is 11.5. The summed E-state index contributed by atoms with van der Waals surface area (Å²) >= 11 is 0. The molecule has 0 aliphatic carbocycles. The molecule has 1 aliphatic heterocycles. The maximum absolute atomic E-state index is 11.1. The summed E-state index contributed by atoms with van der Waals surface area (Å²) in [5.74, 6) is -1.05. The fraction of sp³-hybridized carbons (Fsp3) is 0.385. The minimum absolute atomic E-state index is 0.192. The topological polar surface area (TPSA) is 106 Å². The number of carboxylic acids is 1. The maximum atomic E-state index is 11.1. The van der Waals surface area contributed by atoms with Gasteiger partial charge >= 0.3 is 11.7 Å². The second kappa shape index (κ2) is 6.31. The summed E-state index contributed by atoms with van der Waals surface area (Å²) in [5.41, 5.74) is 0.648. The Labute approximate surface area is 120 Å². The molecular formula is C13H15N3O5. The minimum Gasteiger partial charge on any atom is -0.478 e. The van der Waals surface area contributed by atoms with Crippen LogP contribution in [0.3, 0.4) is 0 Å². The molecule has 0 saturated carbocycles. The molecule has 0 saturated heterocycles. The molecule has 1 aliphatic rings. The number of nitrogens with zero attached hydrogens (tertiary/aromatic N) is 3. The zero-order chi connectivity index (χ0) is 15.4. The highest BCUT2D eigenvalue weighted by molar-refractivity contribution is 5.88. The number of carbonyl (C=O) groups is 1. The Morgan fingerprint density at radius 3 is 2.90 bits per heavy atom. The van der Waals surface area contributed by atoms with E-state index in [1.165, 1.54) is 0 Å². The number of ether oxygens (including phenoxy) is 1. The zero-order valence-electron chi connectivity index (χ0n) is 11.5. The van der Waals surface area contributed by atoms with Gasteiger partial charge in [-0.3, -0.25) is 10.1 Å². The van der Waals surface area contributed by atoms with Crippen molar-refractivity contribution < 1.29 is 19.6 Å². The molecule has 0 spiro atoms. The van der Waals surface area contributed by atoms with Crippen molar-refractivity contribution >= 4 is 17.5 Å². The molecular weight excluding hydrogens is 278 g/mol. The first-order valence-electron chi connectivity index (χ1n) is 6.32. The number of methoxy groups -OCH3 is 1. The van der Waals surface area contributed by atoms with Gasteiger partial charge in [0.05, 0.1) is 17.1 Å². The van der Waals surface area contributed by atoms with Crippen molar-refractivity contribution in [1.82, 2.24) is 4.98 Å². The van der Waals surface area contributed by atoms with Gasteiger partial charge in [0.15, 0.2) is 0 Å². The van der Waals surface area contributed by atoms with Crippen LogP contribution in [0.15, 0.2) is 23.9 Å². The third kappa shape index (κ3) is 3.34. The molecule has 21 heavy (non-hydrogen) atoms. The minimum atomic E-state index is -1.24. The molecule has 0 radical (unpaired) electrons. The summed E-state index contributed by atoms with van der Waals surface area (Å²) in [7, 11) is 1.62. The molecule has 0 atom stereocenters. The van der Waals surface area contributed by atoms with Crippen LogP contribution >= 0.6 is 0 Å². The lowest BCUT2D eigenvalue weighted by Gasteiger charge is -2.26. The first-order chi connectivity index (χ1) is 10.0. The second-order valence-corrected chi connectivity index (χ2v) is 4.62. The van der Waals surface area contributed by atoms with Gasteiger partial charge in [-0.05, 0) is 12.0 Å².